The van der Waals surface area contributed by atoms with Crippen LogP contribution in [0.4, 0.5) is 19.0 Å². The molecule has 0 bridgehead atoms. The zero-order valence-electron chi connectivity index (χ0n) is 21.0. The molecule has 4 rings (SSSR count). The molecule has 0 spiro atoms. The van der Waals surface area contributed by atoms with Gasteiger partial charge in [0.2, 0.25) is 0 Å². The van der Waals surface area contributed by atoms with E-state index < -0.39 is 18.2 Å². The van der Waals surface area contributed by atoms with Gasteiger partial charge in [0.15, 0.2) is 11.5 Å². The number of fused-ring (bicyclic) bond motifs is 3. The molecule has 1 atom stereocenters. The molecule has 1 aliphatic carbocycles. The maximum atomic E-state index is 12.7. The summed E-state index contributed by atoms with van der Waals surface area (Å²) in [6.45, 7) is 7.79. The standard InChI is InChI=1S/C26H34F3N3O4/c1-16(2)30-24-20-13-17(36-25(33)26(27,28)29)7-8-18(20)19-14-22(34-3)23(15-21(19)31-24)35-12-6-11-32-9-4-5-10-32/h14-17H,4-13H2,1-3H3,(H,30,31). The highest BCUT2D eigenvalue weighted by atomic mass is 19.4. The highest BCUT2D eigenvalue weighted by molar-refractivity contribution is 5.89. The molecule has 7 nitrogen and oxygen atoms in total. The van der Waals surface area contributed by atoms with Gasteiger partial charge >= 0.3 is 12.1 Å². The number of benzene rings is 1. The van der Waals surface area contributed by atoms with Crippen LogP contribution in [0.25, 0.3) is 10.9 Å². The summed E-state index contributed by atoms with van der Waals surface area (Å²) in [7, 11) is 1.58. The number of methoxy groups -OCH3 is 1. The van der Waals surface area contributed by atoms with Gasteiger partial charge in [0, 0.05) is 36.0 Å². The third kappa shape index (κ3) is 6.14. The van der Waals surface area contributed by atoms with E-state index >= 15 is 0 Å². The van der Waals surface area contributed by atoms with E-state index in [2.05, 4.69) is 10.2 Å². The summed E-state index contributed by atoms with van der Waals surface area (Å²) in [5, 5.41) is 4.17. The van der Waals surface area contributed by atoms with Gasteiger partial charge in [0.25, 0.3) is 0 Å². The van der Waals surface area contributed by atoms with E-state index in [-0.39, 0.29) is 12.5 Å². The van der Waals surface area contributed by atoms with Crippen molar-refractivity contribution < 1.29 is 32.2 Å². The molecular weight excluding hydrogens is 475 g/mol. The number of pyridine rings is 1. The van der Waals surface area contributed by atoms with Gasteiger partial charge in [0.1, 0.15) is 11.9 Å². The number of halogens is 3. The van der Waals surface area contributed by atoms with Crippen LogP contribution in [0.5, 0.6) is 11.5 Å². The Balaban J connectivity index is 1.59. The summed E-state index contributed by atoms with van der Waals surface area (Å²) in [5.74, 6) is -0.369. The van der Waals surface area contributed by atoms with E-state index in [0.717, 1.165) is 48.1 Å². The number of aromatic nitrogens is 1. The lowest BCUT2D eigenvalue weighted by Crippen LogP contribution is -2.33. The number of nitrogens with zero attached hydrogens (tertiary/aromatic N) is 2. The number of likely N-dealkylation sites (tertiary alicyclic amines) is 1. The van der Waals surface area contributed by atoms with Gasteiger partial charge in [-0.25, -0.2) is 9.78 Å². The molecule has 2 heterocycles. The maximum Gasteiger partial charge on any atom is 0.490 e. The van der Waals surface area contributed by atoms with Crippen molar-refractivity contribution in [1.29, 1.82) is 0 Å². The van der Waals surface area contributed by atoms with Crippen molar-refractivity contribution in [2.45, 2.75) is 70.7 Å². The van der Waals surface area contributed by atoms with E-state index in [4.69, 9.17) is 19.2 Å². The first-order chi connectivity index (χ1) is 17.2. The molecule has 2 aliphatic rings. The minimum absolute atomic E-state index is 0.0525. The lowest BCUT2D eigenvalue weighted by molar-refractivity contribution is -0.205. The monoisotopic (exact) mass is 509 g/mol. The quantitative estimate of drug-likeness (QED) is 0.381. The normalized spacial score (nSPS) is 18.4. The van der Waals surface area contributed by atoms with Crippen LogP contribution in [0.15, 0.2) is 12.1 Å². The SMILES string of the molecule is COc1cc2c3c(c(NC(C)C)nc2cc1OCCCN1CCCC1)CC(OC(=O)C(F)(F)F)CC3. The predicted octanol–water partition coefficient (Wildman–Crippen LogP) is 4.89. The largest absolute Gasteiger partial charge is 0.493 e. The Labute approximate surface area is 209 Å². The molecular formula is C26H34F3N3O4. The van der Waals surface area contributed by atoms with E-state index in [1.165, 1.54) is 12.8 Å². The van der Waals surface area contributed by atoms with Gasteiger partial charge in [-0.1, -0.05) is 0 Å². The van der Waals surface area contributed by atoms with Crippen molar-refractivity contribution in [1.82, 2.24) is 9.88 Å². The summed E-state index contributed by atoms with van der Waals surface area (Å²) in [6.07, 6.45) is -1.54. The fourth-order valence-corrected chi connectivity index (χ4v) is 4.98. The van der Waals surface area contributed by atoms with E-state index in [9.17, 15) is 18.0 Å². The average Bonchev–Trinajstić information content (AvgIpc) is 3.34. The third-order valence-corrected chi connectivity index (χ3v) is 6.64. The second-order valence-electron chi connectivity index (χ2n) is 9.76. The minimum atomic E-state index is -5.01. The Morgan fingerprint density at radius 3 is 2.61 bits per heavy atom. The molecule has 0 amide bonds. The van der Waals surface area contributed by atoms with Crippen LogP contribution >= 0.6 is 0 Å². The number of nitrogens with one attached hydrogen (secondary N) is 1. The Morgan fingerprint density at radius 2 is 1.94 bits per heavy atom. The van der Waals surface area contributed by atoms with Crippen molar-refractivity contribution in [3.63, 3.8) is 0 Å². The van der Waals surface area contributed by atoms with Crippen LogP contribution in [0.2, 0.25) is 0 Å². The van der Waals surface area contributed by atoms with Crippen LogP contribution in [0.3, 0.4) is 0 Å². The molecule has 36 heavy (non-hydrogen) atoms. The van der Waals surface area contributed by atoms with Crippen LogP contribution < -0.4 is 14.8 Å². The predicted molar refractivity (Wildman–Crippen MR) is 131 cm³/mol. The number of hydrogen-bond donors (Lipinski definition) is 1. The van der Waals surface area contributed by atoms with Gasteiger partial charge in [-0.05, 0) is 70.7 Å². The Kier molecular flexibility index (Phi) is 8.12. The van der Waals surface area contributed by atoms with Crippen molar-refractivity contribution in [3.05, 3.63) is 23.3 Å². The fourth-order valence-electron chi connectivity index (χ4n) is 4.98. The molecule has 1 aromatic carbocycles. The Hall–Kier alpha value is -2.75. The molecule has 1 aliphatic heterocycles. The molecule has 1 aromatic heterocycles. The summed E-state index contributed by atoms with van der Waals surface area (Å²) in [6, 6.07) is 3.81. The van der Waals surface area contributed by atoms with Crippen LogP contribution in [0, 0.1) is 0 Å². The van der Waals surface area contributed by atoms with Gasteiger partial charge in [-0.2, -0.15) is 13.2 Å². The number of carbonyl (C=O) groups excluding carboxylic acids is 1. The van der Waals surface area contributed by atoms with Gasteiger partial charge in [-0.15, -0.1) is 0 Å². The molecule has 10 heteroatoms. The Bertz CT molecular complexity index is 1080. The zero-order valence-corrected chi connectivity index (χ0v) is 21.0. The number of rotatable bonds is 9. The number of ether oxygens (including phenoxy) is 3. The number of carbonyl (C=O) groups is 1. The maximum absolute atomic E-state index is 12.7. The summed E-state index contributed by atoms with van der Waals surface area (Å²) >= 11 is 0. The first kappa shape index (κ1) is 26.3. The second-order valence-corrected chi connectivity index (χ2v) is 9.76. The van der Waals surface area contributed by atoms with E-state index in [0.29, 0.717) is 36.8 Å². The molecule has 1 saturated heterocycles. The van der Waals surface area contributed by atoms with Gasteiger partial charge < -0.3 is 24.4 Å². The zero-order chi connectivity index (χ0) is 25.9. The topological polar surface area (TPSA) is 72.9 Å². The van der Waals surface area contributed by atoms with Crippen molar-refractivity contribution >= 4 is 22.7 Å². The van der Waals surface area contributed by atoms with Crippen LogP contribution in [-0.4, -0.2) is 67.5 Å². The summed E-state index contributed by atoms with van der Waals surface area (Å²) < 4.78 is 54.7. The van der Waals surface area contributed by atoms with Crippen LogP contribution in [-0.2, 0) is 22.4 Å². The number of aryl methyl sites for hydroxylation is 1. The first-order valence-electron chi connectivity index (χ1n) is 12.6. The smallest absolute Gasteiger partial charge is 0.490 e. The minimum Gasteiger partial charge on any atom is -0.493 e. The fraction of sp³-hybridized carbons (Fsp3) is 0.615. The first-order valence-corrected chi connectivity index (χ1v) is 12.6. The summed E-state index contributed by atoms with van der Waals surface area (Å²) in [5.41, 5.74) is 2.46. The average molecular weight is 510 g/mol. The molecule has 0 saturated carbocycles. The van der Waals surface area contributed by atoms with Crippen molar-refractivity contribution in [2.75, 3.05) is 38.7 Å². The van der Waals surface area contributed by atoms with Crippen LogP contribution in [0.1, 0.15) is 50.7 Å². The lowest BCUT2D eigenvalue weighted by atomic mass is 9.87. The van der Waals surface area contributed by atoms with E-state index in [1.807, 2.05) is 26.0 Å². The van der Waals surface area contributed by atoms with Crippen molar-refractivity contribution in [3.8, 4) is 11.5 Å². The van der Waals surface area contributed by atoms with Crippen molar-refractivity contribution in [2.24, 2.45) is 0 Å². The second kappa shape index (κ2) is 11.1. The summed E-state index contributed by atoms with van der Waals surface area (Å²) in [4.78, 5) is 18.7. The molecule has 1 N–H and O–H groups in total. The third-order valence-electron chi connectivity index (χ3n) is 6.64. The van der Waals surface area contributed by atoms with E-state index in [1.54, 1.807) is 7.11 Å². The van der Waals surface area contributed by atoms with Gasteiger partial charge in [-0.3, -0.25) is 0 Å². The Morgan fingerprint density at radius 1 is 1.19 bits per heavy atom. The highest BCUT2D eigenvalue weighted by Gasteiger charge is 2.43. The highest BCUT2D eigenvalue weighted by Crippen LogP contribution is 2.39. The molecule has 1 unspecified atom stereocenters. The molecule has 0 radical (unpaired) electrons. The number of esters is 1. The number of anilines is 1. The molecule has 1 fully saturated rings. The lowest BCUT2D eigenvalue weighted by Gasteiger charge is -2.28. The molecule has 2 aromatic rings. The number of alkyl halides is 3. The van der Waals surface area contributed by atoms with Gasteiger partial charge in [0.05, 0.1) is 19.2 Å². The number of hydrogen-bond acceptors (Lipinski definition) is 7. The molecule has 198 valence electrons.